The highest BCUT2D eigenvalue weighted by atomic mass is 19.1. The van der Waals surface area contributed by atoms with E-state index in [0.717, 1.165) is 0 Å². The van der Waals surface area contributed by atoms with E-state index in [1.165, 1.54) is 0 Å². The Labute approximate surface area is 148 Å². The highest BCUT2D eigenvalue weighted by molar-refractivity contribution is 5.80. The third-order valence-corrected chi connectivity index (χ3v) is 3.96. The second kappa shape index (κ2) is 7.03. The first-order valence-corrected chi connectivity index (χ1v) is 7.93. The molecule has 0 aliphatic heterocycles. The van der Waals surface area contributed by atoms with Crippen LogP contribution in [-0.4, -0.2) is 27.5 Å². The third-order valence-electron chi connectivity index (χ3n) is 3.96. The van der Waals surface area contributed by atoms with Crippen LogP contribution in [0.2, 0.25) is 0 Å². The van der Waals surface area contributed by atoms with E-state index < -0.39 is 17.5 Å². The second-order valence-electron chi connectivity index (χ2n) is 5.72. The fraction of sp³-hybridized carbons (Fsp3) is 0.158. The van der Waals surface area contributed by atoms with Gasteiger partial charge in [0.15, 0.2) is 0 Å². The van der Waals surface area contributed by atoms with Gasteiger partial charge in [-0.3, -0.25) is 4.40 Å². The molecular weight excluding hydrogens is 341 g/mol. The van der Waals surface area contributed by atoms with Crippen molar-refractivity contribution >= 4 is 11.6 Å². The van der Waals surface area contributed by atoms with E-state index in [9.17, 15) is 13.2 Å². The molecule has 0 N–H and O–H groups in total. The van der Waals surface area contributed by atoms with Gasteiger partial charge in [0.05, 0.1) is 16.8 Å². The van der Waals surface area contributed by atoms with Crippen molar-refractivity contribution < 1.29 is 13.2 Å². The van der Waals surface area contributed by atoms with Crippen molar-refractivity contribution in [3.8, 4) is 11.1 Å². The van der Waals surface area contributed by atoms with Crippen LogP contribution in [0.3, 0.4) is 0 Å². The molecule has 0 fully saturated rings. The summed E-state index contributed by atoms with van der Waals surface area (Å²) in [5.74, 6) is -2.10. The van der Waals surface area contributed by atoms with Crippen molar-refractivity contribution in [1.29, 1.82) is 0 Å². The predicted octanol–water partition coefficient (Wildman–Crippen LogP) is 4.30. The molecule has 0 bridgehead atoms. The van der Waals surface area contributed by atoms with Crippen molar-refractivity contribution in [2.45, 2.75) is 6.92 Å². The molecule has 0 unspecified atom stereocenters. The molecule has 0 spiro atoms. The van der Waals surface area contributed by atoms with Crippen molar-refractivity contribution in [3.63, 3.8) is 0 Å². The summed E-state index contributed by atoms with van der Waals surface area (Å²) in [6.07, 6.45) is 6.54. The maximum absolute atomic E-state index is 14.5. The smallest absolute Gasteiger partial charge is 0.235 e. The van der Waals surface area contributed by atoms with Gasteiger partial charge >= 0.3 is 0 Å². The van der Waals surface area contributed by atoms with Gasteiger partial charge in [-0.05, 0) is 6.92 Å². The highest BCUT2D eigenvalue weighted by Crippen LogP contribution is 2.37. The molecule has 26 heavy (non-hydrogen) atoms. The Hall–Kier alpha value is -3.09. The number of benzene rings is 1. The monoisotopic (exact) mass is 358 g/mol. The number of fused-ring (bicyclic) bond motifs is 1. The Morgan fingerprint density at radius 2 is 1.69 bits per heavy atom. The van der Waals surface area contributed by atoms with Crippen LogP contribution in [0.1, 0.15) is 5.69 Å². The number of aromatic nitrogens is 3. The number of anilines is 1. The lowest BCUT2D eigenvalue weighted by Crippen LogP contribution is -2.27. The minimum Gasteiger partial charge on any atom is -0.350 e. The van der Waals surface area contributed by atoms with Crippen molar-refractivity contribution in [3.05, 3.63) is 73.0 Å². The van der Waals surface area contributed by atoms with E-state index >= 15 is 0 Å². The van der Waals surface area contributed by atoms with Gasteiger partial charge in [0, 0.05) is 37.6 Å². The maximum Gasteiger partial charge on any atom is 0.235 e. The molecule has 0 radical (unpaired) electrons. The molecule has 3 aromatic rings. The summed E-state index contributed by atoms with van der Waals surface area (Å²) < 4.78 is 44.1. The highest BCUT2D eigenvalue weighted by Gasteiger charge is 2.25. The largest absolute Gasteiger partial charge is 0.350 e. The molecule has 0 amide bonds. The van der Waals surface area contributed by atoms with Gasteiger partial charge < -0.3 is 4.90 Å². The Kier molecular flexibility index (Phi) is 4.79. The van der Waals surface area contributed by atoms with Crippen molar-refractivity contribution in [2.24, 2.45) is 0 Å². The standard InChI is InChI=1S/C19H17F3N4/c1-4-7-25(8-5-2)18-16(12(3)24-19-23-6-9-26(18)19)17-14(21)10-13(20)11-15(17)22/h4-6,9-11H,1-2,7-8H2,3H3. The lowest BCUT2D eigenvalue weighted by Gasteiger charge is -2.26. The molecule has 0 aliphatic carbocycles. The summed E-state index contributed by atoms with van der Waals surface area (Å²) >= 11 is 0. The first-order valence-electron chi connectivity index (χ1n) is 7.93. The minimum absolute atomic E-state index is 0.231. The summed E-state index contributed by atoms with van der Waals surface area (Å²) in [6.45, 7) is 9.91. The minimum atomic E-state index is -0.995. The number of halogens is 3. The SMILES string of the molecule is C=CCN(CC=C)c1c(-c2c(F)cc(F)cc2F)c(C)nc2nccn12. The van der Waals surface area contributed by atoms with Gasteiger partial charge in [0.1, 0.15) is 23.3 Å². The lowest BCUT2D eigenvalue weighted by atomic mass is 10.0. The van der Waals surface area contributed by atoms with E-state index in [0.29, 0.717) is 42.5 Å². The van der Waals surface area contributed by atoms with Crippen molar-refractivity contribution in [1.82, 2.24) is 14.4 Å². The summed E-state index contributed by atoms with van der Waals surface area (Å²) in [5, 5.41) is 0. The van der Waals surface area contributed by atoms with Crippen LogP contribution in [0.25, 0.3) is 16.9 Å². The molecule has 0 atom stereocenters. The van der Waals surface area contributed by atoms with E-state index in [2.05, 4.69) is 23.1 Å². The number of hydrogen-bond donors (Lipinski definition) is 0. The number of rotatable bonds is 6. The fourth-order valence-corrected chi connectivity index (χ4v) is 2.98. The topological polar surface area (TPSA) is 33.4 Å². The zero-order valence-electron chi connectivity index (χ0n) is 14.2. The fourth-order valence-electron chi connectivity index (χ4n) is 2.98. The van der Waals surface area contributed by atoms with Crippen LogP contribution in [0.4, 0.5) is 19.0 Å². The van der Waals surface area contributed by atoms with E-state index in [1.807, 2.05) is 4.90 Å². The zero-order valence-corrected chi connectivity index (χ0v) is 14.2. The van der Waals surface area contributed by atoms with Crippen LogP contribution in [0.5, 0.6) is 0 Å². The second-order valence-corrected chi connectivity index (χ2v) is 5.72. The summed E-state index contributed by atoms with van der Waals surface area (Å²) in [6, 6.07) is 1.32. The normalized spacial score (nSPS) is 10.9. The van der Waals surface area contributed by atoms with Crippen LogP contribution < -0.4 is 4.90 Å². The third kappa shape index (κ3) is 2.96. The van der Waals surface area contributed by atoms with Gasteiger partial charge in [-0.15, -0.1) is 13.2 Å². The summed E-state index contributed by atoms with van der Waals surface area (Å²) in [4.78, 5) is 10.3. The summed E-state index contributed by atoms with van der Waals surface area (Å²) in [7, 11) is 0. The molecule has 4 nitrogen and oxygen atoms in total. The van der Waals surface area contributed by atoms with E-state index in [-0.39, 0.29) is 11.1 Å². The zero-order chi connectivity index (χ0) is 18.8. The van der Waals surface area contributed by atoms with Gasteiger partial charge in [-0.2, -0.15) is 0 Å². The van der Waals surface area contributed by atoms with Crippen LogP contribution in [-0.2, 0) is 0 Å². The lowest BCUT2D eigenvalue weighted by molar-refractivity contribution is 0.547. The number of nitrogens with zero attached hydrogens (tertiary/aromatic N) is 4. The van der Waals surface area contributed by atoms with Crippen LogP contribution >= 0.6 is 0 Å². The first kappa shape index (κ1) is 17.7. The number of aryl methyl sites for hydroxylation is 1. The number of hydrogen-bond acceptors (Lipinski definition) is 3. The molecule has 0 saturated heterocycles. The van der Waals surface area contributed by atoms with Gasteiger partial charge in [-0.1, -0.05) is 12.2 Å². The van der Waals surface area contributed by atoms with E-state index in [4.69, 9.17) is 0 Å². The quantitative estimate of drug-likeness (QED) is 0.616. The molecule has 0 saturated carbocycles. The summed E-state index contributed by atoms with van der Waals surface area (Å²) in [5.41, 5.74) is 0.274. The van der Waals surface area contributed by atoms with Crippen molar-refractivity contribution in [2.75, 3.05) is 18.0 Å². The Balaban J connectivity index is 2.42. The predicted molar refractivity (Wildman–Crippen MR) is 95.6 cm³/mol. The van der Waals surface area contributed by atoms with E-state index in [1.54, 1.807) is 35.9 Å². The van der Waals surface area contributed by atoms with Gasteiger partial charge in [0.2, 0.25) is 5.78 Å². The molecule has 7 heteroatoms. The number of imidazole rings is 1. The molecule has 0 aliphatic rings. The van der Waals surface area contributed by atoms with Crippen LogP contribution in [0.15, 0.2) is 49.8 Å². The Morgan fingerprint density at radius 1 is 1.08 bits per heavy atom. The average Bonchev–Trinajstić information content (AvgIpc) is 3.02. The average molecular weight is 358 g/mol. The Bertz CT molecular complexity index is 961. The molecule has 134 valence electrons. The van der Waals surface area contributed by atoms with Gasteiger partial charge in [0.25, 0.3) is 0 Å². The first-order chi connectivity index (χ1) is 12.5. The van der Waals surface area contributed by atoms with Crippen LogP contribution in [0, 0.1) is 24.4 Å². The molecule has 3 rings (SSSR count). The van der Waals surface area contributed by atoms with Gasteiger partial charge in [-0.25, -0.2) is 23.1 Å². The molecular formula is C19H17F3N4. The molecule has 1 aromatic carbocycles. The molecule has 2 aromatic heterocycles. The maximum atomic E-state index is 14.5. The Morgan fingerprint density at radius 3 is 2.27 bits per heavy atom. The molecule has 2 heterocycles.